The summed E-state index contributed by atoms with van der Waals surface area (Å²) in [5, 5.41) is 3.14. The van der Waals surface area contributed by atoms with Gasteiger partial charge in [-0.2, -0.15) is 0 Å². The Morgan fingerprint density at radius 3 is 2.95 bits per heavy atom. The second-order valence-corrected chi connectivity index (χ2v) is 4.85. The van der Waals surface area contributed by atoms with Gasteiger partial charge in [0.25, 0.3) is 0 Å². The lowest BCUT2D eigenvalue weighted by Gasteiger charge is -2.12. The molecule has 0 amide bonds. The predicted octanol–water partition coefficient (Wildman–Crippen LogP) is 1.80. The fourth-order valence-electron chi connectivity index (χ4n) is 2.28. The molecular formula is C15H19N3O3. The van der Waals surface area contributed by atoms with E-state index >= 15 is 0 Å². The summed E-state index contributed by atoms with van der Waals surface area (Å²) < 4.78 is 18.7. The highest BCUT2D eigenvalue weighted by Gasteiger charge is 2.17. The maximum atomic E-state index is 5.90. The van der Waals surface area contributed by atoms with Crippen molar-refractivity contribution in [2.75, 3.05) is 20.4 Å². The summed E-state index contributed by atoms with van der Waals surface area (Å²) in [5.41, 5.74) is 1.07. The molecule has 2 heterocycles. The van der Waals surface area contributed by atoms with Gasteiger partial charge in [0.15, 0.2) is 11.5 Å². The smallest absolute Gasteiger partial charge is 0.231 e. The fraction of sp³-hybridized carbons (Fsp3) is 0.400. The van der Waals surface area contributed by atoms with Gasteiger partial charge in [0.1, 0.15) is 5.75 Å². The first-order chi connectivity index (χ1) is 10.4. The summed E-state index contributed by atoms with van der Waals surface area (Å²) in [6, 6.07) is 3.89. The number of imidazole rings is 1. The monoisotopic (exact) mass is 289 g/mol. The van der Waals surface area contributed by atoms with Crippen molar-refractivity contribution in [3.8, 4) is 17.2 Å². The number of benzene rings is 1. The van der Waals surface area contributed by atoms with Gasteiger partial charge in [-0.15, -0.1) is 0 Å². The van der Waals surface area contributed by atoms with E-state index in [1.54, 1.807) is 6.20 Å². The molecule has 1 aromatic carbocycles. The SMILES string of the molecule is CNCc1cc2c(cc1OCCCn1ccnc1)OCO2. The van der Waals surface area contributed by atoms with Crippen molar-refractivity contribution in [2.45, 2.75) is 19.5 Å². The number of fused-ring (bicyclic) bond motifs is 1. The Morgan fingerprint density at radius 2 is 2.19 bits per heavy atom. The first-order valence-corrected chi connectivity index (χ1v) is 7.02. The van der Waals surface area contributed by atoms with Crippen LogP contribution in [0.5, 0.6) is 17.2 Å². The third-order valence-electron chi connectivity index (χ3n) is 3.30. The number of aryl methyl sites for hydroxylation is 1. The number of rotatable bonds is 7. The Bertz CT molecular complexity index is 584. The Hall–Kier alpha value is -2.21. The molecule has 0 saturated heterocycles. The molecule has 0 bridgehead atoms. The summed E-state index contributed by atoms with van der Waals surface area (Å²) in [4.78, 5) is 4.02. The molecule has 112 valence electrons. The number of nitrogens with one attached hydrogen (secondary N) is 1. The van der Waals surface area contributed by atoms with Crippen LogP contribution in [0.25, 0.3) is 0 Å². The third kappa shape index (κ3) is 3.28. The number of aromatic nitrogens is 2. The normalized spacial score (nSPS) is 12.6. The van der Waals surface area contributed by atoms with Crippen LogP contribution in [0.15, 0.2) is 30.9 Å². The van der Waals surface area contributed by atoms with Crippen molar-refractivity contribution in [3.05, 3.63) is 36.4 Å². The van der Waals surface area contributed by atoms with Crippen LogP contribution in [0.3, 0.4) is 0 Å². The molecule has 6 heteroatoms. The molecule has 0 fully saturated rings. The molecule has 1 N–H and O–H groups in total. The number of hydrogen-bond donors (Lipinski definition) is 1. The number of nitrogens with zero attached hydrogens (tertiary/aromatic N) is 2. The molecule has 1 aromatic heterocycles. The zero-order valence-electron chi connectivity index (χ0n) is 12.0. The number of ether oxygens (including phenoxy) is 3. The molecule has 0 saturated carbocycles. The van der Waals surface area contributed by atoms with Gasteiger partial charge in [-0.25, -0.2) is 4.98 Å². The van der Waals surface area contributed by atoms with E-state index < -0.39 is 0 Å². The van der Waals surface area contributed by atoms with Gasteiger partial charge in [0, 0.05) is 37.1 Å². The molecule has 0 aliphatic carbocycles. The molecule has 0 unspecified atom stereocenters. The Labute approximate surface area is 123 Å². The molecule has 21 heavy (non-hydrogen) atoms. The van der Waals surface area contributed by atoms with Crippen molar-refractivity contribution < 1.29 is 14.2 Å². The van der Waals surface area contributed by atoms with Crippen molar-refractivity contribution in [2.24, 2.45) is 0 Å². The molecule has 1 aliphatic rings. The molecule has 3 rings (SSSR count). The van der Waals surface area contributed by atoms with Crippen molar-refractivity contribution in [3.63, 3.8) is 0 Å². The quantitative estimate of drug-likeness (QED) is 0.788. The van der Waals surface area contributed by atoms with Crippen LogP contribution in [0, 0.1) is 0 Å². The zero-order chi connectivity index (χ0) is 14.5. The van der Waals surface area contributed by atoms with Crippen LogP contribution in [-0.2, 0) is 13.1 Å². The van der Waals surface area contributed by atoms with Crippen molar-refractivity contribution in [1.82, 2.24) is 14.9 Å². The molecule has 6 nitrogen and oxygen atoms in total. The maximum absolute atomic E-state index is 5.90. The highest BCUT2D eigenvalue weighted by molar-refractivity contribution is 5.51. The van der Waals surface area contributed by atoms with Crippen molar-refractivity contribution >= 4 is 0 Å². The highest BCUT2D eigenvalue weighted by atomic mass is 16.7. The van der Waals surface area contributed by atoms with E-state index in [0.29, 0.717) is 6.61 Å². The average molecular weight is 289 g/mol. The van der Waals surface area contributed by atoms with E-state index in [1.165, 1.54) is 0 Å². The van der Waals surface area contributed by atoms with Gasteiger partial charge in [-0.3, -0.25) is 0 Å². The van der Waals surface area contributed by atoms with Gasteiger partial charge >= 0.3 is 0 Å². The summed E-state index contributed by atoms with van der Waals surface area (Å²) in [7, 11) is 1.91. The molecular weight excluding hydrogens is 270 g/mol. The lowest BCUT2D eigenvalue weighted by atomic mass is 10.1. The minimum atomic E-state index is 0.276. The van der Waals surface area contributed by atoms with Gasteiger partial charge in [-0.05, 0) is 19.5 Å². The lowest BCUT2D eigenvalue weighted by molar-refractivity contribution is 0.173. The Balaban J connectivity index is 1.60. The largest absolute Gasteiger partial charge is 0.493 e. The molecule has 0 radical (unpaired) electrons. The molecule has 0 spiro atoms. The van der Waals surface area contributed by atoms with E-state index in [1.807, 2.05) is 36.3 Å². The highest BCUT2D eigenvalue weighted by Crippen LogP contribution is 2.38. The van der Waals surface area contributed by atoms with Crippen LogP contribution in [0.2, 0.25) is 0 Å². The van der Waals surface area contributed by atoms with Gasteiger partial charge in [0.05, 0.1) is 12.9 Å². The molecule has 1 aliphatic heterocycles. The minimum Gasteiger partial charge on any atom is -0.493 e. The first-order valence-electron chi connectivity index (χ1n) is 7.02. The van der Waals surface area contributed by atoms with E-state index in [2.05, 4.69) is 10.3 Å². The van der Waals surface area contributed by atoms with Crippen LogP contribution in [0.1, 0.15) is 12.0 Å². The standard InChI is InChI=1S/C15H19N3O3/c1-16-9-12-7-14-15(21-11-20-14)8-13(12)19-6-2-4-18-5-3-17-10-18/h3,5,7-8,10,16H,2,4,6,9,11H2,1H3. The van der Waals surface area contributed by atoms with Crippen LogP contribution in [-0.4, -0.2) is 30.0 Å². The first kappa shape index (κ1) is 13.8. The summed E-state index contributed by atoms with van der Waals surface area (Å²) >= 11 is 0. The summed E-state index contributed by atoms with van der Waals surface area (Å²) in [6.45, 7) is 2.55. The second kappa shape index (κ2) is 6.49. The molecule has 2 aromatic rings. The average Bonchev–Trinajstić information content (AvgIpc) is 3.14. The summed E-state index contributed by atoms with van der Waals surface area (Å²) in [5.74, 6) is 2.38. The summed E-state index contributed by atoms with van der Waals surface area (Å²) in [6.07, 6.45) is 6.47. The van der Waals surface area contributed by atoms with Gasteiger partial charge < -0.3 is 24.1 Å². The van der Waals surface area contributed by atoms with E-state index in [-0.39, 0.29) is 6.79 Å². The minimum absolute atomic E-state index is 0.276. The predicted molar refractivity (Wildman–Crippen MR) is 77.7 cm³/mol. The Morgan fingerprint density at radius 1 is 1.33 bits per heavy atom. The van der Waals surface area contributed by atoms with E-state index in [9.17, 15) is 0 Å². The van der Waals surface area contributed by atoms with Crippen LogP contribution in [0.4, 0.5) is 0 Å². The lowest BCUT2D eigenvalue weighted by Crippen LogP contribution is -2.09. The topological polar surface area (TPSA) is 57.5 Å². The maximum Gasteiger partial charge on any atom is 0.231 e. The van der Waals surface area contributed by atoms with Crippen molar-refractivity contribution in [1.29, 1.82) is 0 Å². The molecule has 0 atom stereocenters. The van der Waals surface area contributed by atoms with E-state index in [4.69, 9.17) is 14.2 Å². The fourth-order valence-corrected chi connectivity index (χ4v) is 2.28. The van der Waals surface area contributed by atoms with E-state index in [0.717, 1.165) is 42.3 Å². The van der Waals surface area contributed by atoms with Gasteiger partial charge in [0.2, 0.25) is 6.79 Å². The number of hydrogen-bond acceptors (Lipinski definition) is 5. The Kier molecular flexibility index (Phi) is 4.25. The second-order valence-electron chi connectivity index (χ2n) is 4.85. The third-order valence-corrected chi connectivity index (χ3v) is 3.30. The van der Waals surface area contributed by atoms with Crippen LogP contribution < -0.4 is 19.5 Å². The zero-order valence-corrected chi connectivity index (χ0v) is 12.0. The van der Waals surface area contributed by atoms with Crippen LogP contribution >= 0.6 is 0 Å². The van der Waals surface area contributed by atoms with Gasteiger partial charge in [-0.1, -0.05) is 0 Å².